The summed E-state index contributed by atoms with van der Waals surface area (Å²) in [5.74, 6) is 0.652. The highest BCUT2D eigenvalue weighted by atomic mass is 16.5. The predicted octanol–water partition coefficient (Wildman–Crippen LogP) is 3.01. The third kappa shape index (κ3) is 3.35. The SMILES string of the molecule is O=C(O)COCCCc1nc(N2CCCC2)c2oc3ccccc3c2n1. The zero-order chi connectivity index (χ0) is 17.9. The number of fused-ring (bicyclic) bond motifs is 3. The second-order valence-corrected chi connectivity index (χ2v) is 6.48. The fourth-order valence-corrected chi connectivity index (χ4v) is 3.37. The van der Waals surface area contributed by atoms with Gasteiger partial charge in [-0.3, -0.25) is 0 Å². The van der Waals surface area contributed by atoms with Crippen LogP contribution in [-0.4, -0.2) is 47.3 Å². The maximum Gasteiger partial charge on any atom is 0.329 e. The lowest BCUT2D eigenvalue weighted by atomic mass is 10.2. The molecule has 1 aliphatic rings. The minimum absolute atomic E-state index is 0.273. The normalized spacial score (nSPS) is 14.5. The molecule has 7 heteroatoms. The standard InChI is InChI=1S/C19H21N3O4/c23-16(24)12-25-11-5-8-15-20-17-13-6-1-2-7-14(13)26-18(17)19(21-15)22-9-3-4-10-22/h1-2,6-7H,3-5,8-12H2,(H,23,24). The molecule has 0 bridgehead atoms. The van der Waals surface area contributed by atoms with E-state index in [-0.39, 0.29) is 6.61 Å². The number of carbonyl (C=O) groups is 1. The molecule has 1 saturated heterocycles. The van der Waals surface area contributed by atoms with Crippen molar-refractivity contribution in [3.8, 4) is 0 Å². The second kappa shape index (κ2) is 7.29. The summed E-state index contributed by atoms with van der Waals surface area (Å²) in [6.07, 6.45) is 3.62. The van der Waals surface area contributed by atoms with Crippen molar-refractivity contribution in [1.82, 2.24) is 9.97 Å². The molecule has 1 aromatic carbocycles. The number of aryl methyl sites for hydroxylation is 1. The molecule has 3 heterocycles. The minimum atomic E-state index is -0.955. The van der Waals surface area contributed by atoms with Crippen LogP contribution in [0, 0.1) is 0 Å². The Morgan fingerprint density at radius 3 is 2.85 bits per heavy atom. The van der Waals surface area contributed by atoms with E-state index in [1.165, 1.54) is 0 Å². The zero-order valence-corrected chi connectivity index (χ0v) is 14.5. The van der Waals surface area contributed by atoms with Crippen LogP contribution >= 0.6 is 0 Å². The van der Waals surface area contributed by atoms with Gasteiger partial charge in [0, 0.05) is 31.5 Å². The van der Waals surface area contributed by atoms with Gasteiger partial charge in [0.2, 0.25) is 0 Å². The number of aromatic nitrogens is 2. The van der Waals surface area contributed by atoms with E-state index < -0.39 is 5.97 Å². The van der Waals surface area contributed by atoms with Gasteiger partial charge >= 0.3 is 5.97 Å². The summed E-state index contributed by atoms with van der Waals surface area (Å²) in [6.45, 7) is 2.05. The van der Waals surface area contributed by atoms with E-state index in [1.807, 2.05) is 24.3 Å². The molecule has 26 heavy (non-hydrogen) atoms. The lowest BCUT2D eigenvalue weighted by molar-refractivity contribution is -0.142. The number of para-hydroxylation sites is 1. The summed E-state index contributed by atoms with van der Waals surface area (Å²) in [4.78, 5) is 22.2. The number of benzene rings is 1. The highest BCUT2D eigenvalue weighted by molar-refractivity contribution is 6.05. The summed E-state index contributed by atoms with van der Waals surface area (Å²) in [6, 6.07) is 7.90. The Labute approximate surface area is 150 Å². The average Bonchev–Trinajstić information content (AvgIpc) is 3.28. The van der Waals surface area contributed by atoms with Crippen LogP contribution < -0.4 is 4.90 Å². The number of carboxylic acids is 1. The molecule has 0 saturated carbocycles. The monoisotopic (exact) mass is 355 g/mol. The molecule has 1 N–H and O–H groups in total. The van der Waals surface area contributed by atoms with E-state index in [2.05, 4.69) is 4.90 Å². The van der Waals surface area contributed by atoms with Gasteiger partial charge in [-0.15, -0.1) is 0 Å². The molecule has 1 fully saturated rings. The van der Waals surface area contributed by atoms with Crippen LogP contribution in [0.1, 0.15) is 25.1 Å². The molecule has 0 amide bonds. The van der Waals surface area contributed by atoms with E-state index in [1.54, 1.807) is 0 Å². The molecule has 7 nitrogen and oxygen atoms in total. The van der Waals surface area contributed by atoms with E-state index in [0.717, 1.165) is 59.6 Å². The number of nitrogens with zero attached hydrogens (tertiary/aromatic N) is 3. The third-order valence-electron chi connectivity index (χ3n) is 4.57. The van der Waals surface area contributed by atoms with Gasteiger partial charge in [0.05, 0.1) is 0 Å². The highest BCUT2D eigenvalue weighted by Crippen LogP contribution is 2.34. The Bertz CT molecular complexity index is 931. The van der Waals surface area contributed by atoms with Gasteiger partial charge in [-0.25, -0.2) is 14.8 Å². The maximum absolute atomic E-state index is 10.5. The van der Waals surface area contributed by atoms with Crippen LogP contribution in [0.15, 0.2) is 28.7 Å². The van der Waals surface area contributed by atoms with E-state index in [9.17, 15) is 4.79 Å². The molecule has 0 unspecified atom stereocenters. The number of aliphatic carboxylic acids is 1. The lowest BCUT2D eigenvalue weighted by Gasteiger charge is -2.17. The molecule has 0 atom stereocenters. The van der Waals surface area contributed by atoms with Crippen molar-refractivity contribution in [3.05, 3.63) is 30.1 Å². The Hall–Kier alpha value is -2.67. The molecule has 0 spiro atoms. The fourth-order valence-electron chi connectivity index (χ4n) is 3.37. The van der Waals surface area contributed by atoms with Crippen molar-refractivity contribution >= 4 is 33.9 Å². The summed E-state index contributed by atoms with van der Waals surface area (Å²) in [7, 11) is 0. The van der Waals surface area contributed by atoms with Gasteiger partial charge < -0.3 is 19.2 Å². The number of hydrogen-bond acceptors (Lipinski definition) is 6. The quantitative estimate of drug-likeness (QED) is 0.652. The van der Waals surface area contributed by atoms with Gasteiger partial charge in [-0.05, 0) is 31.4 Å². The fraction of sp³-hybridized carbons (Fsp3) is 0.421. The number of rotatable bonds is 7. The smallest absolute Gasteiger partial charge is 0.329 e. The first-order valence-electron chi connectivity index (χ1n) is 8.95. The van der Waals surface area contributed by atoms with Gasteiger partial charge in [-0.1, -0.05) is 12.1 Å². The van der Waals surface area contributed by atoms with Crippen LogP contribution in [0.25, 0.3) is 22.1 Å². The van der Waals surface area contributed by atoms with Crippen LogP contribution in [0.5, 0.6) is 0 Å². The molecule has 136 valence electrons. The topological polar surface area (TPSA) is 88.7 Å². The van der Waals surface area contributed by atoms with Crippen LogP contribution in [0.3, 0.4) is 0 Å². The largest absolute Gasteiger partial charge is 0.480 e. The molecule has 0 aliphatic carbocycles. The Morgan fingerprint density at radius 2 is 2.04 bits per heavy atom. The van der Waals surface area contributed by atoms with Crippen molar-refractivity contribution in [2.24, 2.45) is 0 Å². The first kappa shape index (κ1) is 16.8. The number of hydrogen-bond donors (Lipinski definition) is 1. The van der Waals surface area contributed by atoms with Crippen molar-refractivity contribution in [2.75, 3.05) is 31.2 Å². The summed E-state index contributed by atoms with van der Waals surface area (Å²) in [5, 5.41) is 9.61. The summed E-state index contributed by atoms with van der Waals surface area (Å²) < 4.78 is 11.2. The van der Waals surface area contributed by atoms with Crippen molar-refractivity contribution in [1.29, 1.82) is 0 Å². The van der Waals surface area contributed by atoms with E-state index in [4.69, 9.17) is 24.2 Å². The number of carboxylic acid groups (broad SMARTS) is 1. The number of ether oxygens (including phenoxy) is 1. The summed E-state index contributed by atoms with van der Waals surface area (Å²) >= 11 is 0. The van der Waals surface area contributed by atoms with E-state index >= 15 is 0 Å². The maximum atomic E-state index is 10.5. The Balaban J connectivity index is 1.64. The molecule has 4 rings (SSSR count). The van der Waals surface area contributed by atoms with E-state index in [0.29, 0.717) is 19.4 Å². The molecule has 1 aliphatic heterocycles. The Kier molecular flexibility index (Phi) is 4.71. The third-order valence-corrected chi connectivity index (χ3v) is 4.57. The lowest BCUT2D eigenvalue weighted by Crippen LogP contribution is -2.20. The number of anilines is 1. The predicted molar refractivity (Wildman–Crippen MR) is 97.5 cm³/mol. The van der Waals surface area contributed by atoms with Crippen LogP contribution in [0.4, 0.5) is 5.82 Å². The van der Waals surface area contributed by atoms with Crippen molar-refractivity contribution in [3.63, 3.8) is 0 Å². The number of furan rings is 1. The average molecular weight is 355 g/mol. The summed E-state index contributed by atoms with van der Waals surface area (Å²) in [5.41, 5.74) is 2.41. The highest BCUT2D eigenvalue weighted by Gasteiger charge is 2.22. The van der Waals surface area contributed by atoms with Crippen molar-refractivity contribution in [2.45, 2.75) is 25.7 Å². The van der Waals surface area contributed by atoms with Crippen LogP contribution in [0.2, 0.25) is 0 Å². The van der Waals surface area contributed by atoms with Gasteiger partial charge in [0.25, 0.3) is 0 Å². The first-order chi connectivity index (χ1) is 12.7. The molecule has 0 radical (unpaired) electrons. The zero-order valence-electron chi connectivity index (χ0n) is 14.5. The Morgan fingerprint density at radius 1 is 1.23 bits per heavy atom. The minimum Gasteiger partial charge on any atom is -0.480 e. The molecular formula is C19H21N3O4. The second-order valence-electron chi connectivity index (χ2n) is 6.48. The van der Waals surface area contributed by atoms with Gasteiger partial charge in [0.1, 0.15) is 23.5 Å². The van der Waals surface area contributed by atoms with Gasteiger partial charge in [-0.2, -0.15) is 0 Å². The molecule has 3 aromatic rings. The molecular weight excluding hydrogens is 334 g/mol. The van der Waals surface area contributed by atoms with Crippen molar-refractivity contribution < 1.29 is 19.1 Å². The first-order valence-corrected chi connectivity index (χ1v) is 8.95. The molecule has 2 aromatic heterocycles. The van der Waals surface area contributed by atoms with Gasteiger partial charge in [0.15, 0.2) is 11.4 Å². The van der Waals surface area contributed by atoms with Crippen LogP contribution in [-0.2, 0) is 16.0 Å².